The number of dihydropyridines is 1. The van der Waals surface area contributed by atoms with Gasteiger partial charge in [-0.3, -0.25) is 9.78 Å². The number of allylic oxidation sites excluding steroid dienone is 3. The minimum absolute atomic E-state index is 0.0225. The third kappa shape index (κ3) is 4.66. The van der Waals surface area contributed by atoms with Gasteiger partial charge in [-0.15, -0.1) is 0 Å². The van der Waals surface area contributed by atoms with Gasteiger partial charge in [-0.25, -0.2) is 13.2 Å². The van der Waals surface area contributed by atoms with E-state index in [4.69, 9.17) is 0 Å². The first kappa shape index (κ1) is 21.7. The zero-order valence-electron chi connectivity index (χ0n) is 18.3. The third-order valence-electron chi connectivity index (χ3n) is 6.65. The number of carbonyl (C=O) groups excluding carboxylic acids is 2. The second-order valence-corrected chi connectivity index (χ2v) is 11.1. The fourth-order valence-corrected chi connectivity index (χ4v) is 6.47. The molecule has 0 bridgehead atoms. The lowest BCUT2D eigenvalue weighted by Crippen LogP contribution is -2.41. The van der Waals surface area contributed by atoms with Crippen LogP contribution in [0.3, 0.4) is 0 Å². The van der Waals surface area contributed by atoms with Crippen molar-refractivity contribution in [1.82, 2.24) is 25.4 Å². The molecule has 2 N–H and O–H groups in total. The van der Waals surface area contributed by atoms with Crippen molar-refractivity contribution in [3.63, 3.8) is 0 Å². The second-order valence-electron chi connectivity index (χ2n) is 8.92. The Kier molecular flexibility index (Phi) is 5.69. The van der Waals surface area contributed by atoms with Gasteiger partial charge >= 0.3 is 6.03 Å². The van der Waals surface area contributed by atoms with Crippen molar-refractivity contribution in [2.45, 2.75) is 25.9 Å². The molecule has 174 valence electrons. The maximum atomic E-state index is 12.6. The van der Waals surface area contributed by atoms with Crippen LogP contribution in [0, 0.1) is 5.92 Å². The average molecular weight is 470 g/mol. The number of hydrogen-bond acceptors (Lipinski definition) is 6. The molecule has 33 heavy (non-hydrogen) atoms. The van der Waals surface area contributed by atoms with Crippen LogP contribution in [-0.4, -0.2) is 66.3 Å². The lowest BCUT2D eigenvalue weighted by Gasteiger charge is -2.30. The van der Waals surface area contributed by atoms with E-state index in [0.29, 0.717) is 45.6 Å². The highest BCUT2D eigenvalue weighted by molar-refractivity contribution is 7.91. The van der Waals surface area contributed by atoms with Crippen LogP contribution in [0.25, 0.3) is 0 Å². The molecule has 5 rings (SSSR count). The van der Waals surface area contributed by atoms with Gasteiger partial charge in [0.1, 0.15) is 0 Å². The van der Waals surface area contributed by atoms with Crippen LogP contribution in [0.1, 0.15) is 24.0 Å². The number of nitrogens with one attached hydrogen (secondary N) is 2. The van der Waals surface area contributed by atoms with Crippen LogP contribution in [0.15, 0.2) is 53.7 Å². The summed E-state index contributed by atoms with van der Waals surface area (Å²) in [6, 6.07) is 1.82. The number of sulfone groups is 1. The molecule has 9 nitrogen and oxygen atoms in total. The summed E-state index contributed by atoms with van der Waals surface area (Å²) in [5.74, 6) is -0.361. The van der Waals surface area contributed by atoms with Crippen molar-refractivity contribution in [2.75, 3.05) is 31.1 Å². The van der Waals surface area contributed by atoms with Crippen LogP contribution in [0.5, 0.6) is 0 Å². The van der Waals surface area contributed by atoms with Crippen molar-refractivity contribution in [3.8, 4) is 0 Å². The maximum absolute atomic E-state index is 12.6. The van der Waals surface area contributed by atoms with E-state index in [2.05, 4.69) is 15.6 Å². The number of carbonyl (C=O) groups is 2. The van der Waals surface area contributed by atoms with Crippen molar-refractivity contribution in [3.05, 3.63) is 64.8 Å². The summed E-state index contributed by atoms with van der Waals surface area (Å²) in [6.07, 6.45) is 10.6. The molecule has 3 amide bonds. The standard InChI is InChI=1S/C23H27N5O4S/c29-22(18-6-10-33(31,32)15-18)27-8-4-16(5-9-27)21-2-1-20(12-25-21)26-23(30)28-13-17-3-7-24-11-19(17)14-28/h1-4,7,11,18,25H,5-6,8-10,12-15H2,(H,26,30). The van der Waals surface area contributed by atoms with E-state index in [1.165, 1.54) is 0 Å². The van der Waals surface area contributed by atoms with E-state index >= 15 is 0 Å². The molecule has 1 fully saturated rings. The van der Waals surface area contributed by atoms with Gasteiger partial charge in [0.2, 0.25) is 5.91 Å². The number of hydrogen-bond donors (Lipinski definition) is 2. The van der Waals surface area contributed by atoms with Crippen LogP contribution < -0.4 is 10.6 Å². The molecule has 0 radical (unpaired) electrons. The van der Waals surface area contributed by atoms with Crippen molar-refractivity contribution >= 4 is 21.8 Å². The molecule has 1 aromatic heterocycles. The normalized spacial score (nSPS) is 23.8. The molecule has 4 aliphatic heterocycles. The molecule has 4 aliphatic rings. The van der Waals surface area contributed by atoms with Gasteiger partial charge in [-0.05, 0) is 47.8 Å². The van der Waals surface area contributed by atoms with E-state index < -0.39 is 15.8 Å². The number of rotatable bonds is 3. The molecule has 1 unspecified atom stereocenters. The SMILES string of the molecule is O=C(NC1=CC=C(C2=CCN(C(=O)C3CCS(=O)(=O)C3)CC2)NC1)N1Cc2ccncc2C1. The van der Waals surface area contributed by atoms with Gasteiger partial charge in [0, 0.05) is 50.0 Å². The Balaban J connectivity index is 1.15. The Morgan fingerprint density at radius 2 is 2.00 bits per heavy atom. The highest BCUT2D eigenvalue weighted by Crippen LogP contribution is 2.25. The Morgan fingerprint density at radius 1 is 1.15 bits per heavy atom. The van der Waals surface area contributed by atoms with Crippen LogP contribution in [0.2, 0.25) is 0 Å². The smallest absolute Gasteiger partial charge is 0.322 e. The van der Waals surface area contributed by atoms with Crippen LogP contribution >= 0.6 is 0 Å². The van der Waals surface area contributed by atoms with Crippen LogP contribution in [-0.2, 0) is 27.7 Å². The Hall–Kier alpha value is -3.14. The van der Waals surface area contributed by atoms with E-state index in [1.54, 1.807) is 22.2 Å². The third-order valence-corrected chi connectivity index (χ3v) is 8.42. The first-order chi connectivity index (χ1) is 15.9. The van der Waals surface area contributed by atoms with Crippen molar-refractivity contribution in [1.29, 1.82) is 0 Å². The monoisotopic (exact) mass is 469 g/mol. The fourth-order valence-electron chi connectivity index (χ4n) is 4.74. The van der Waals surface area contributed by atoms with E-state index in [1.807, 2.05) is 24.3 Å². The molecule has 5 heterocycles. The molecule has 1 saturated heterocycles. The lowest BCUT2D eigenvalue weighted by molar-refractivity contribution is -0.134. The van der Waals surface area contributed by atoms with E-state index in [9.17, 15) is 18.0 Å². The summed E-state index contributed by atoms with van der Waals surface area (Å²) < 4.78 is 23.3. The first-order valence-electron chi connectivity index (χ1n) is 11.2. The fraction of sp³-hybridized carbons (Fsp3) is 0.435. The van der Waals surface area contributed by atoms with Gasteiger partial charge < -0.3 is 20.4 Å². The summed E-state index contributed by atoms with van der Waals surface area (Å²) in [6.45, 7) is 2.73. The second kappa shape index (κ2) is 8.66. The Labute approximate surface area is 193 Å². The minimum atomic E-state index is -3.06. The predicted molar refractivity (Wildman–Crippen MR) is 122 cm³/mol. The zero-order valence-corrected chi connectivity index (χ0v) is 19.1. The number of fused-ring (bicyclic) bond motifs is 1. The summed E-state index contributed by atoms with van der Waals surface area (Å²) in [7, 11) is -3.06. The summed E-state index contributed by atoms with van der Waals surface area (Å²) in [4.78, 5) is 32.9. The zero-order chi connectivity index (χ0) is 23.0. The number of urea groups is 1. The summed E-state index contributed by atoms with van der Waals surface area (Å²) >= 11 is 0. The summed E-state index contributed by atoms with van der Waals surface area (Å²) in [5, 5.41) is 6.34. The predicted octanol–water partition coefficient (Wildman–Crippen LogP) is 1.07. The van der Waals surface area contributed by atoms with Gasteiger partial charge in [-0.2, -0.15) is 0 Å². The van der Waals surface area contributed by atoms with Gasteiger partial charge in [0.15, 0.2) is 9.84 Å². The van der Waals surface area contributed by atoms with Crippen LogP contribution in [0.4, 0.5) is 4.79 Å². The quantitative estimate of drug-likeness (QED) is 0.685. The Bertz CT molecular complexity index is 1160. The van der Waals surface area contributed by atoms with Gasteiger partial charge in [0.25, 0.3) is 0 Å². The molecule has 0 aliphatic carbocycles. The number of pyridine rings is 1. The molecule has 10 heteroatoms. The first-order valence-corrected chi connectivity index (χ1v) is 13.0. The maximum Gasteiger partial charge on any atom is 0.322 e. The van der Waals surface area contributed by atoms with Crippen molar-refractivity contribution in [2.24, 2.45) is 5.92 Å². The molecule has 0 spiro atoms. The molecule has 0 saturated carbocycles. The highest BCUT2D eigenvalue weighted by Gasteiger charge is 2.35. The van der Waals surface area contributed by atoms with E-state index in [0.717, 1.165) is 28.1 Å². The molecular weight excluding hydrogens is 442 g/mol. The largest absolute Gasteiger partial charge is 0.379 e. The Morgan fingerprint density at radius 3 is 2.67 bits per heavy atom. The highest BCUT2D eigenvalue weighted by atomic mass is 32.2. The molecule has 1 aromatic rings. The molecular formula is C23H27N5O4S. The van der Waals surface area contributed by atoms with Gasteiger partial charge in [-0.1, -0.05) is 6.08 Å². The van der Waals surface area contributed by atoms with Crippen molar-refractivity contribution < 1.29 is 18.0 Å². The van der Waals surface area contributed by atoms with E-state index in [-0.39, 0.29) is 23.4 Å². The number of nitrogens with zero attached hydrogens (tertiary/aromatic N) is 3. The molecule has 0 aromatic carbocycles. The lowest BCUT2D eigenvalue weighted by atomic mass is 10.0. The average Bonchev–Trinajstić information content (AvgIpc) is 3.42. The van der Waals surface area contributed by atoms with Gasteiger partial charge in [0.05, 0.1) is 24.0 Å². The number of amides is 3. The topological polar surface area (TPSA) is 112 Å². The molecule has 1 atom stereocenters. The minimum Gasteiger partial charge on any atom is -0.379 e. The number of aromatic nitrogens is 1. The summed E-state index contributed by atoms with van der Waals surface area (Å²) in [5.41, 5.74) is 5.13.